The molecular formula is C9H7F4NO2. The maximum atomic E-state index is 13.1. The number of carbonyl (C=O) groups excluding carboxylic acids is 1. The zero-order valence-electron chi connectivity index (χ0n) is 8.14. The Morgan fingerprint density at radius 2 is 2.12 bits per heavy atom. The van der Waals surface area contributed by atoms with Crippen LogP contribution in [0.3, 0.4) is 0 Å². The van der Waals surface area contributed by atoms with Gasteiger partial charge in [-0.05, 0) is 0 Å². The van der Waals surface area contributed by atoms with Crippen LogP contribution in [0.5, 0.6) is 0 Å². The van der Waals surface area contributed by atoms with Crippen molar-refractivity contribution in [1.29, 1.82) is 0 Å². The van der Waals surface area contributed by atoms with Gasteiger partial charge in [0.1, 0.15) is 0 Å². The lowest BCUT2D eigenvalue weighted by molar-refractivity contribution is -0.139. The summed E-state index contributed by atoms with van der Waals surface area (Å²) in [6.45, 7) is 0. The van der Waals surface area contributed by atoms with Gasteiger partial charge in [0.25, 0.3) is 6.43 Å². The third kappa shape index (κ3) is 2.47. The number of aromatic nitrogens is 1. The van der Waals surface area contributed by atoms with Crippen molar-refractivity contribution in [3.05, 3.63) is 29.1 Å². The highest BCUT2D eigenvalue weighted by Gasteiger charge is 2.24. The zero-order valence-corrected chi connectivity index (χ0v) is 8.14. The summed E-state index contributed by atoms with van der Waals surface area (Å²) in [6.07, 6.45) is -3.66. The number of carbonyl (C=O) groups is 1. The van der Waals surface area contributed by atoms with E-state index in [1.165, 1.54) is 0 Å². The van der Waals surface area contributed by atoms with Crippen LogP contribution >= 0.6 is 0 Å². The molecule has 16 heavy (non-hydrogen) atoms. The van der Waals surface area contributed by atoms with Crippen molar-refractivity contribution in [2.75, 3.05) is 7.11 Å². The van der Waals surface area contributed by atoms with Gasteiger partial charge < -0.3 is 4.74 Å². The largest absolute Gasteiger partial charge is 0.469 e. The molecule has 0 aliphatic heterocycles. The highest BCUT2D eigenvalue weighted by molar-refractivity contribution is 5.72. The Balaban J connectivity index is 3.23. The molecule has 0 aliphatic rings. The van der Waals surface area contributed by atoms with Gasteiger partial charge in [-0.3, -0.25) is 4.79 Å². The number of alkyl halides is 2. The minimum atomic E-state index is -3.22. The van der Waals surface area contributed by atoms with Crippen LogP contribution < -0.4 is 0 Å². The summed E-state index contributed by atoms with van der Waals surface area (Å²) < 4.78 is 55.1. The number of rotatable bonds is 3. The molecule has 1 rings (SSSR count). The van der Waals surface area contributed by atoms with Crippen LogP contribution in [0, 0.1) is 11.8 Å². The van der Waals surface area contributed by atoms with Gasteiger partial charge in [0.2, 0.25) is 5.95 Å². The van der Waals surface area contributed by atoms with Crippen LogP contribution in [-0.2, 0) is 16.0 Å². The molecule has 0 fully saturated rings. The maximum Gasteiger partial charge on any atom is 0.310 e. The zero-order chi connectivity index (χ0) is 12.3. The summed E-state index contributed by atoms with van der Waals surface area (Å²) >= 11 is 0. The Morgan fingerprint density at radius 1 is 1.50 bits per heavy atom. The molecule has 0 amide bonds. The van der Waals surface area contributed by atoms with Gasteiger partial charge in [-0.1, -0.05) is 0 Å². The summed E-state index contributed by atoms with van der Waals surface area (Å²) in [7, 11) is 1.01. The SMILES string of the molecule is COC(=O)Cc1c(F)ncc(F)c1C(F)F. The van der Waals surface area contributed by atoms with E-state index in [-0.39, 0.29) is 0 Å². The molecule has 7 heteroatoms. The van der Waals surface area contributed by atoms with Gasteiger partial charge in [-0.15, -0.1) is 0 Å². The van der Waals surface area contributed by atoms with Crippen LogP contribution in [0.2, 0.25) is 0 Å². The minimum Gasteiger partial charge on any atom is -0.469 e. The number of esters is 1. The number of ether oxygens (including phenoxy) is 1. The Bertz CT molecular complexity index is 409. The molecule has 0 N–H and O–H groups in total. The van der Waals surface area contributed by atoms with Gasteiger partial charge in [-0.25, -0.2) is 18.2 Å². The van der Waals surface area contributed by atoms with Crippen LogP contribution in [-0.4, -0.2) is 18.1 Å². The minimum absolute atomic E-state index is 0.345. The fourth-order valence-electron chi connectivity index (χ4n) is 1.14. The van der Waals surface area contributed by atoms with Crippen LogP contribution in [0.1, 0.15) is 17.6 Å². The highest BCUT2D eigenvalue weighted by Crippen LogP contribution is 2.27. The molecule has 0 saturated carbocycles. The first-order valence-corrected chi connectivity index (χ1v) is 4.15. The van der Waals surface area contributed by atoms with E-state index >= 15 is 0 Å². The Labute approximate surface area is 88.0 Å². The van der Waals surface area contributed by atoms with Gasteiger partial charge in [0, 0.05) is 5.56 Å². The van der Waals surface area contributed by atoms with Crippen LogP contribution in [0.25, 0.3) is 0 Å². The lowest BCUT2D eigenvalue weighted by Gasteiger charge is -2.09. The van der Waals surface area contributed by atoms with Crippen molar-refractivity contribution >= 4 is 5.97 Å². The number of hydrogen-bond acceptors (Lipinski definition) is 3. The van der Waals surface area contributed by atoms with E-state index in [0.717, 1.165) is 7.11 Å². The number of methoxy groups -OCH3 is 1. The van der Waals surface area contributed by atoms with Gasteiger partial charge in [0.05, 0.1) is 25.3 Å². The van der Waals surface area contributed by atoms with Crippen molar-refractivity contribution in [3.8, 4) is 0 Å². The molecule has 0 aliphatic carbocycles. The predicted octanol–water partition coefficient (Wildman–Crippen LogP) is 2.01. The summed E-state index contributed by atoms with van der Waals surface area (Å²) in [6, 6.07) is 0. The Kier molecular flexibility index (Phi) is 3.81. The Hall–Kier alpha value is -1.66. The Morgan fingerprint density at radius 3 is 2.62 bits per heavy atom. The molecule has 0 atom stereocenters. The second kappa shape index (κ2) is 4.91. The van der Waals surface area contributed by atoms with Crippen LogP contribution in [0.15, 0.2) is 6.20 Å². The molecule has 1 aromatic rings. The molecule has 1 aromatic heterocycles. The normalized spacial score (nSPS) is 10.6. The lowest BCUT2D eigenvalue weighted by atomic mass is 10.1. The quantitative estimate of drug-likeness (QED) is 0.458. The van der Waals surface area contributed by atoms with E-state index in [1.807, 2.05) is 0 Å². The van der Waals surface area contributed by atoms with Gasteiger partial charge >= 0.3 is 5.97 Å². The fourth-order valence-corrected chi connectivity index (χ4v) is 1.14. The topological polar surface area (TPSA) is 39.2 Å². The highest BCUT2D eigenvalue weighted by atomic mass is 19.3. The first kappa shape index (κ1) is 12.4. The lowest BCUT2D eigenvalue weighted by Crippen LogP contribution is -2.12. The summed E-state index contributed by atoms with van der Waals surface area (Å²) in [5.74, 6) is -3.61. The summed E-state index contributed by atoms with van der Waals surface area (Å²) in [5.41, 5.74) is -1.93. The second-order valence-electron chi connectivity index (χ2n) is 2.84. The number of pyridine rings is 1. The summed E-state index contributed by atoms with van der Waals surface area (Å²) in [4.78, 5) is 13.8. The molecule has 88 valence electrons. The van der Waals surface area contributed by atoms with Crippen molar-refractivity contribution in [2.24, 2.45) is 0 Å². The number of nitrogens with zero attached hydrogens (tertiary/aromatic N) is 1. The average molecular weight is 237 g/mol. The number of halogens is 4. The first-order valence-electron chi connectivity index (χ1n) is 4.15. The molecule has 0 aromatic carbocycles. The van der Waals surface area contributed by atoms with Gasteiger partial charge in [0.15, 0.2) is 5.82 Å². The average Bonchev–Trinajstić information content (AvgIpc) is 2.22. The smallest absolute Gasteiger partial charge is 0.310 e. The van der Waals surface area contributed by atoms with E-state index in [9.17, 15) is 22.4 Å². The monoisotopic (exact) mass is 237 g/mol. The standard InChI is InChI=1S/C9H7F4NO2/c1-16-6(15)2-4-7(8(11)12)5(10)3-14-9(4)13/h3,8H,2H2,1H3. The second-order valence-corrected chi connectivity index (χ2v) is 2.84. The van der Waals surface area contributed by atoms with E-state index < -0.39 is 41.7 Å². The predicted molar refractivity (Wildman–Crippen MR) is 44.8 cm³/mol. The molecule has 0 spiro atoms. The van der Waals surface area contributed by atoms with Crippen molar-refractivity contribution in [1.82, 2.24) is 4.98 Å². The van der Waals surface area contributed by atoms with E-state index in [4.69, 9.17) is 0 Å². The summed E-state index contributed by atoms with van der Waals surface area (Å²) in [5, 5.41) is 0. The van der Waals surface area contributed by atoms with Crippen molar-refractivity contribution in [3.63, 3.8) is 0 Å². The van der Waals surface area contributed by atoms with Crippen molar-refractivity contribution in [2.45, 2.75) is 12.8 Å². The van der Waals surface area contributed by atoms with Crippen molar-refractivity contribution < 1.29 is 27.1 Å². The third-order valence-corrected chi connectivity index (χ3v) is 1.89. The van der Waals surface area contributed by atoms with Gasteiger partial charge in [-0.2, -0.15) is 4.39 Å². The molecule has 0 unspecified atom stereocenters. The first-order chi connectivity index (χ1) is 7.47. The molecule has 0 saturated heterocycles. The van der Waals surface area contributed by atoms with E-state index in [1.54, 1.807) is 0 Å². The molecule has 0 radical (unpaired) electrons. The molecule has 0 bridgehead atoms. The number of hydrogen-bond donors (Lipinski definition) is 0. The maximum absolute atomic E-state index is 13.1. The molecule has 1 heterocycles. The third-order valence-electron chi connectivity index (χ3n) is 1.89. The molecule has 3 nitrogen and oxygen atoms in total. The van der Waals surface area contributed by atoms with E-state index in [2.05, 4.69) is 9.72 Å². The van der Waals surface area contributed by atoms with E-state index in [0.29, 0.717) is 6.20 Å². The fraction of sp³-hybridized carbons (Fsp3) is 0.333. The molecular weight excluding hydrogens is 230 g/mol. The van der Waals surface area contributed by atoms with Crippen LogP contribution in [0.4, 0.5) is 17.6 Å².